The van der Waals surface area contributed by atoms with Crippen molar-refractivity contribution in [3.05, 3.63) is 64.2 Å². The third-order valence-electron chi connectivity index (χ3n) is 4.19. The van der Waals surface area contributed by atoms with Crippen molar-refractivity contribution in [2.24, 2.45) is 0 Å². The average molecular weight is 303 g/mol. The topological polar surface area (TPSA) is 58.6 Å². The molecule has 4 rings (SSSR count). The van der Waals surface area contributed by atoms with Crippen LogP contribution in [0.1, 0.15) is 22.3 Å². The summed E-state index contributed by atoms with van der Waals surface area (Å²) in [5.74, 6) is -3.05. The first-order valence-corrected chi connectivity index (χ1v) is 6.74. The number of halogens is 2. The smallest absolute Gasteiger partial charge is 0.265 e. The number of fused-ring (bicyclic) bond motifs is 2. The summed E-state index contributed by atoms with van der Waals surface area (Å²) in [6, 6.07) is 7.15. The van der Waals surface area contributed by atoms with Gasteiger partial charge in [-0.15, -0.1) is 0 Å². The van der Waals surface area contributed by atoms with Crippen molar-refractivity contribution in [2.45, 2.75) is 18.8 Å². The molecule has 2 aromatic rings. The van der Waals surface area contributed by atoms with Gasteiger partial charge in [0.15, 0.2) is 17.2 Å². The number of anilines is 1. The van der Waals surface area contributed by atoms with E-state index in [1.54, 1.807) is 18.2 Å². The predicted molar refractivity (Wildman–Crippen MR) is 72.9 cm³/mol. The molecule has 1 unspecified atom stereocenters. The van der Waals surface area contributed by atoms with Crippen molar-refractivity contribution in [1.29, 1.82) is 0 Å². The van der Waals surface area contributed by atoms with Crippen LogP contribution in [0.25, 0.3) is 0 Å². The maximum atomic E-state index is 13.8. The molecular weight excluding hydrogens is 292 g/mol. The molecule has 1 atom stereocenters. The quantitative estimate of drug-likeness (QED) is 0.849. The van der Waals surface area contributed by atoms with Crippen molar-refractivity contribution in [3.63, 3.8) is 0 Å². The fraction of sp³-hybridized carbons (Fsp3) is 0.188. The SMILES string of the molecule is O=C1Nc2c(ccc(F)c2F)C1(O)c1ccc2c(c1)COC2. The lowest BCUT2D eigenvalue weighted by Gasteiger charge is -2.22. The number of hydrogen-bond donors (Lipinski definition) is 2. The summed E-state index contributed by atoms with van der Waals surface area (Å²) in [5.41, 5.74) is -0.189. The number of ether oxygens (including phenoxy) is 1. The molecular formula is C16H11F2NO3. The van der Waals surface area contributed by atoms with Gasteiger partial charge in [0.05, 0.1) is 18.9 Å². The maximum Gasteiger partial charge on any atom is 0.265 e. The number of amides is 1. The van der Waals surface area contributed by atoms with E-state index in [1.807, 2.05) is 0 Å². The van der Waals surface area contributed by atoms with Crippen molar-refractivity contribution < 1.29 is 23.4 Å². The largest absolute Gasteiger partial charge is 0.372 e. The standard InChI is InChI=1S/C16H11F2NO3/c17-12-4-3-11-14(13(12)18)19-15(20)16(11,21)10-2-1-8-6-22-7-9(8)5-10/h1-5,21H,6-7H2,(H,19,20). The molecule has 2 heterocycles. The summed E-state index contributed by atoms with van der Waals surface area (Å²) in [7, 11) is 0. The van der Waals surface area contributed by atoms with Gasteiger partial charge in [-0.3, -0.25) is 4.79 Å². The van der Waals surface area contributed by atoms with Crippen molar-refractivity contribution in [3.8, 4) is 0 Å². The van der Waals surface area contributed by atoms with Gasteiger partial charge < -0.3 is 15.2 Å². The molecule has 112 valence electrons. The van der Waals surface area contributed by atoms with E-state index in [1.165, 1.54) is 6.07 Å². The summed E-state index contributed by atoms with van der Waals surface area (Å²) < 4.78 is 32.4. The lowest BCUT2D eigenvalue weighted by atomic mass is 9.86. The Labute approximate surface area is 124 Å². The van der Waals surface area contributed by atoms with Gasteiger partial charge in [0.2, 0.25) is 0 Å². The molecule has 6 heteroatoms. The monoisotopic (exact) mass is 303 g/mol. The first-order valence-electron chi connectivity index (χ1n) is 6.74. The molecule has 22 heavy (non-hydrogen) atoms. The van der Waals surface area contributed by atoms with Crippen LogP contribution in [0, 0.1) is 11.6 Å². The molecule has 2 N–H and O–H groups in total. The lowest BCUT2D eigenvalue weighted by Crippen LogP contribution is -2.35. The van der Waals surface area contributed by atoms with Gasteiger partial charge in [0, 0.05) is 5.56 Å². The van der Waals surface area contributed by atoms with Gasteiger partial charge >= 0.3 is 0 Å². The van der Waals surface area contributed by atoms with E-state index in [2.05, 4.69) is 5.32 Å². The molecule has 0 bridgehead atoms. The first-order chi connectivity index (χ1) is 10.5. The number of carbonyl (C=O) groups excluding carboxylic acids is 1. The van der Waals surface area contributed by atoms with E-state index in [0.717, 1.165) is 17.2 Å². The molecule has 0 fully saturated rings. The maximum absolute atomic E-state index is 13.8. The van der Waals surface area contributed by atoms with Crippen LogP contribution in [0.4, 0.5) is 14.5 Å². The third kappa shape index (κ3) is 1.59. The predicted octanol–water partition coefficient (Wildman–Crippen LogP) is 2.18. The Kier molecular flexibility index (Phi) is 2.64. The fourth-order valence-electron chi connectivity index (χ4n) is 2.98. The minimum atomic E-state index is -2.04. The highest BCUT2D eigenvalue weighted by Gasteiger charge is 2.48. The van der Waals surface area contributed by atoms with Crippen LogP contribution in [0.15, 0.2) is 30.3 Å². The highest BCUT2D eigenvalue weighted by Crippen LogP contribution is 2.43. The zero-order chi connectivity index (χ0) is 15.5. The molecule has 2 aliphatic rings. The Bertz CT molecular complexity index is 821. The van der Waals surface area contributed by atoms with Crippen LogP contribution in [-0.4, -0.2) is 11.0 Å². The van der Waals surface area contributed by atoms with Crippen LogP contribution in [-0.2, 0) is 28.3 Å². The molecule has 0 aliphatic carbocycles. The second-order valence-electron chi connectivity index (χ2n) is 5.42. The van der Waals surface area contributed by atoms with Gasteiger partial charge in [-0.25, -0.2) is 8.78 Å². The Morgan fingerprint density at radius 2 is 1.91 bits per heavy atom. The summed E-state index contributed by atoms with van der Waals surface area (Å²) in [6.07, 6.45) is 0. The van der Waals surface area contributed by atoms with Gasteiger partial charge in [0.1, 0.15) is 0 Å². The van der Waals surface area contributed by atoms with E-state index < -0.39 is 23.1 Å². The van der Waals surface area contributed by atoms with Gasteiger partial charge in [-0.2, -0.15) is 0 Å². The summed E-state index contributed by atoms with van der Waals surface area (Å²) >= 11 is 0. The number of aliphatic hydroxyl groups is 1. The molecule has 2 aliphatic heterocycles. The number of nitrogens with one attached hydrogen (secondary N) is 1. The summed E-state index contributed by atoms with van der Waals surface area (Å²) in [5, 5.41) is 13.1. The number of carbonyl (C=O) groups is 1. The average Bonchev–Trinajstić information content (AvgIpc) is 3.07. The van der Waals surface area contributed by atoms with Crippen LogP contribution in [0.2, 0.25) is 0 Å². The summed E-state index contributed by atoms with van der Waals surface area (Å²) in [6.45, 7) is 0.877. The van der Waals surface area contributed by atoms with E-state index >= 15 is 0 Å². The first kappa shape index (κ1) is 13.4. The highest BCUT2D eigenvalue weighted by atomic mass is 19.2. The van der Waals surface area contributed by atoms with Crippen molar-refractivity contribution in [2.75, 3.05) is 5.32 Å². The van der Waals surface area contributed by atoms with Crippen molar-refractivity contribution >= 4 is 11.6 Å². The molecule has 0 radical (unpaired) electrons. The Hall–Kier alpha value is -2.31. The van der Waals surface area contributed by atoms with Crippen LogP contribution in [0.5, 0.6) is 0 Å². The van der Waals surface area contributed by atoms with Crippen LogP contribution < -0.4 is 5.32 Å². The second-order valence-corrected chi connectivity index (χ2v) is 5.42. The number of rotatable bonds is 1. The molecule has 4 nitrogen and oxygen atoms in total. The Morgan fingerprint density at radius 3 is 2.73 bits per heavy atom. The van der Waals surface area contributed by atoms with Crippen LogP contribution in [0.3, 0.4) is 0 Å². The van der Waals surface area contributed by atoms with E-state index in [9.17, 15) is 18.7 Å². The minimum Gasteiger partial charge on any atom is -0.372 e. The van der Waals surface area contributed by atoms with E-state index in [4.69, 9.17) is 4.74 Å². The molecule has 0 saturated heterocycles. The fourth-order valence-corrected chi connectivity index (χ4v) is 2.98. The van der Waals surface area contributed by atoms with Crippen LogP contribution >= 0.6 is 0 Å². The van der Waals surface area contributed by atoms with Gasteiger partial charge in [-0.05, 0) is 28.8 Å². The van der Waals surface area contributed by atoms with Gasteiger partial charge in [-0.1, -0.05) is 18.2 Å². The lowest BCUT2D eigenvalue weighted by molar-refractivity contribution is -0.129. The van der Waals surface area contributed by atoms with E-state index in [-0.39, 0.29) is 11.3 Å². The molecule has 1 amide bonds. The molecule has 0 saturated carbocycles. The number of benzene rings is 2. The van der Waals surface area contributed by atoms with Crippen molar-refractivity contribution in [1.82, 2.24) is 0 Å². The summed E-state index contributed by atoms with van der Waals surface area (Å²) in [4.78, 5) is 12.2. The second kappa shape index (κ2) is 4.34. The third-order valence-corrected chi connectivity index (χ3v) is 4.19. The highest BCUT2D eigenvalue weighted by molar-refractivity contribution is 6.07. The Morgan fingerprint density at radius 1 is 1.14 bits per heavy atom. The van der Waals surface area contributed by atoms with E-state index in [0.29, 0.717) is 18.8 Å². The molecule has 0 aromatic heterocycles. The Balaban J connectivity index is 1.92. The zero-order valence-corrected chi connectivity index (χ0v) is 11.3. The van der Waals surface area contributed by atoms with Gasteiger partial charge in [0.25, 0.3) is 5.91 Å². The zero-order valence-electron chi connectivity index (χ0n) is 11.3. The number of hydrogen-bond acceptors (Lipinski definition) is 3. The molecule has 0 spiro atoms. The minimum absolute atomic E-state index is 0.00950. The normalized spacial score (nSPS) is 22.4. The molecule has 2 aromatic carbocycles.